The second-order valence-electron chi connectivity index (χ2n) is 5.17. The van der Waals surface area contributed by atoms with Gasteiger partial charge in [-0.25, -0.2) is 0 Å². The summed E-state index contributed by atoms with van der Waals surface area (Å²) in [6.45, 7) is 0. The monoisotopic (exact) mass is 296 g/mol. The topological polar surface area (TPSA) is 67.4 Å². The summed E-state index contributed by atoms with van der Waals surface area (Å²) in [7, 11) is 1.60. The van der Waals surface area contributed by atoms with Crippen LogP contribution in [0.2, 0.25) is 0 Å². The summed E-state index contributed by atoms with van der Waals surface area (Å²) in [6.07, 6.45) is 0.650. The zero-order chi connectivity index (χ0) is 15.5. The molecule has 22 heavy (non-hydrogen) atoms. The number of benzene rings is 2. The zero-order valence-corrected chi connectivity index (χ0v) is 12.2. The number of anilines is 2. The van der Waals surface area contributed by atoms with Crippen LogP contribution in [0.1, 0.15) is 11.1 Å². The van der Waals surface area contributed by atoms with Crippen molar-refractivity contribution in [3.8, 4) is 5.75 Å². The molecule has 2 aromatic rings. The van der Waals surface area contributed by atoms with Crippen LogP contribution < -0.4 is 15.4 Å². The van der Waals surface area contributed by atoms with Gasteiger partial charge in [-0.1, -0.05) is 12.1 Å². The molecule has 2 N–H and O–H groups in total. The molecule has 0 saturated carbocycles. The Kier molecular flexibility index (Phi) is 3.78. The third-order valence-corrected chi connectivity index (χ3v) is 3.53. The molecule has 1 heterocycles. The fraction of sp³-hybridized carbons (Fsp3) is 0.176. The van der Waals surface area contributed by atoms with Gasteiger partial charge in [0.1, 0.15) is 5.75 Å². The highest BCUT2D eigenvalue weighted by atomic mass is 16.5. The Balaban J connectivity index is 1.64. The number of hydrogen-bond donors (Lipinski definition) is 2. The quantitative estimate of drug-likeness (QED) is 0.910. The van der Waals surface area contributed by atoms with Crippen molar-refractivity contribution in [1.29, 1.82) is 0 Å². The van der Waals surface area contributed by atoms with Gasteiger partial charge in [-0.15, -0.1) is 0 Å². The Bertz CT molecular complexity index is 723. The van der Waals surface area contributed by atoms with Gasteiger partial charge < -0.3 is 15.4 Å². The van der Waals surface area contributed by atoms with E-state index in [1.807, 2.05) is 18.2 Å². The summed E-state index contributed by atoms with van der Waals surface area (Å²) in [5.74, 6) is 0.644. The van der Waals surface area contributed by atoms with Gasteiger partial charge in [0.05, 0.1) is 20.0 Å². The van der Waals surface area contributed by atoms with E-state index in [4.69, 9.17) is 4.74 Å². The normalized spacial score (nSPS) is 12.5. The summed E-state index contributed by atoms with van der Waals surface area (Å²) >= 11 is 0. The van der Waals surface area contributed by atoms with Gasteiger partial charge >= 0.3 is 0 Å². The predicted octanol–water partition coefficient (Wildman–Crippen LogP) is 2.37. The minimum Gasteiger partial charge on any atom is -0.497 e. The highest BCUT2D eigenvalue weighted by molar-refractivity contribution is 5.99. The van der Waals surface area contributed by atoms with Crippen LogP contribution in [0, 0.1) is 0 Å². The lowest BCUT2D eigenvalue weighted by Crippen LogP contribution is -2.14. The summed E-state index contributed by atoms with van der Waals surface area (Å²) in [5, 5.41) is 5.62. The molecule has 0 aromatic heterocycles. The van der Waals surface area contributed by atoms with Crippen LogP contribution in [-0.2, 0) is 22.4 Å². The average Bonchev–Trinajstić information content (AvgIpc) is 2.87. The van der Waals surface area contributed by atoms with E-state index in [2.05, 4.69) is 10.6 Å². The van der Waals surface area contributed by atoms with E-state index in [1.165, 1.54) is 0 Å². The van der Waals surface area contributed by atoms with Crippen molar-refractivity contribution < 1.29 is 14.3 Å². The van der Waals surface area contributed by atoms with Crippen LogP contribution in [0.4, 0.5) is 11.4 Å². The molecule has 1 aliphatic rings. The molecule has 0 aliphatic carbocycles. The molecular formula is C17H16N2O3. The number of ether oxygens (including phenoxy) is 1. The Morgan fingerprint density at radius 1 is 1.23 bits per heavy atom. The number of rotatable bonds is 4. The molecule has 0 saturated heterocycles. The number of nitrogens with one attached hydrogen (secondary N) is 2. The smallest absolute Gasteiger partial charge is 0.228 e. The van der Waals surface area contributed by atoms with E-state index in [0.29, 0.717) is 6.42 Å². The number of methoxy groups -OCH3 is 1. The van der Waals surface area contributed by atoms with Crippen LogP contribution in [0.25, 0.3) is 0 Å². The number of carbonyl (C=O) groups is 2. The fourth-order valence-corrected chi connectivity index (χ4v) is 2.46. The van der Waals surface area contributed by atoms with Crippen LogP contribution >= 0.6 is 0 Å². The number of hydrogen-bond acceptors (Lipinski definition) is 3. The van der Waals surface area contributed by atoms with E-state index in [9.17, 15) is 9.59 Å². The molecular weight excluding hydrogens is 280 g/mol. The van der Waals surface area contributed by atoms with Gasteiger partial charge in [0.15, 0.2) is 0 Å². The molecule has 1 aliphatic heterocycles. The lowest BCUT2D eigenvalue weighted by Gasteiger charge is -2.07. The van der Waals surface area contributed by atoms with Gasteiger partial charge in [-0.05, 0) is 41.5 Å². The standard InChI is InChI=1S/C17H16N2O3/c1-22-14-5-3-13(4-6-14)18-16(20)9-11-2-7-15-12(8-11)10-17(21)19-15/h2-8H,9-10H2,1H3,(H,18,20)(H,19,21). The first-order valence-corrected chi connectivity index (χ1v) is 6.99. The molecule has 112 valence electrons. The van der Waals surface area contributed by atoms with E-state index >= 15 is 0 Å². The van der Waals surface area contributed by atoms with Crippen LogP contribution in [-0.4, -0.2) is 18.9 Å². The van der Waals surface area contributed by atoms with Gasteiger partial charge in [-0.3, -0.25) is 9.59 Å². The van der Waals surface area contributed by atoms with E-state index in [0.717, 1.165) is 28.3 Å². The maximum atomic E-state index is 12.1. The van der Waals surface area contributed by atoms with E-state index in [1.54, 1.807) is 31.4 Å². The summed E-state index contributed by atoms with van der Waals surface area (Å²) < 4.78 is 5.07. The van der Waals surface area contributed by atoms with Gasteiger partial charge in [0.25, 0.3) is 0 Å². The van der Waals surface area contributed by atoms with E-state index in [-0.39, 0.29) is 18.2 Å². The summed E-state index contributed by atoms with van der Waals surface area (Å²) in [4.78, 5) is 23.4. The lowest BCUT2D eigenvalue weighted by molar-refractivity contribution is -0.116. The first-order chi connectivity index (χ1) is 10.6. The zero-order valence-electron chi connectivity index (χ0n) is 12.2. The molecule has 2 aromatic carbocycles. The SMILES string of the molecule is COc1ccc(NC(=O)Cc2ccc3c(c2)CC(=O)N3)cc1. The second-order valence-corrected chi connectivity index (χ2v) is 5.17. The molecule has 0 atom stereocenters. The number of carbonyl (C=O) groups excluding carboxylic acids is 2. The van der Waals surface area contributed by atoms with Crippen molar-refractivity contribution >= 4 is 23.2 Å². The Hall–Kier alpha value is -2.82. The summed E-state index contributed by atoms with van der Waals surface area (Å²) in [6, 6.07) is 12.8. The van der Waals surface area contributed by atoms with Crippen LogP contribution in [0.3, 0.4) is 0 Å². The second kappa shape index (κ2) is 5.89. The molecule has 0 fully saturated rings. The largest absolute Gasteiger partial charge is 0.497 e. The highest BCUT2D eigenvalue weighted by Gasteiger charge is 2.17. The van der Waals surface area contributed by atoms with E-state index < -0.39 is 0 Å². The Labute approximate surface area is 128 Å². The predicted molar refractivity (Wildman–Crippen MR) is 84.1 cm³/mol. The minimum atomic E-state index is -0.0950. The van der Waals surface area contributed by atoms with Crippen molar-refractivity contribution in [1.82, 2.24) is 0 Å². The van der Waals surface area contributed by atoms with Gasteiger partial charge in [0, 0.05) is 11.4 Å². The molecule has 2 amide bonds. The Morgan fingerprint density at radius 3 is 2.73 bits per heavy atom. The third kappa shape index (κ3) is 3.09. The van der Waals surface area contributed by atoms with Crippen molar-refractivity contribution in [3.63, 3.8) is 0 Å². The molecule has 0 radical (unpaired) electrons. The van der Waals surface area contributed by atoms with Crippen LogP contribution in [0.5, 0.6) is 5.75 Å². The first-order valence-electron chi connectivity index (χ1n) is 6.99. The summed E-state index contributed by atoms with van der Waals surface area (Å²) in [5.41, 5.74) is 3.40. The third-order valence-electron chi connectivity index (χ3n) is 3.53. The number of amides is 2. The minimum absolute atomic E-state index is 0.00478. The molecule has 0 bridgehead atoms. The Morgan fingerprint density at radius 2 is 2.00 bits per heavy atom. The fourth-order valence-electron chi connectivity index (χ4n) is 2.46. The van der Waals surface area contributed by atoms with Crippen LogP contribution in [0.15, 0.2) is 42.5 Å². The maximum Gasteiger partial charge on any atom is 0.228 e. The van der Waals surface area contributed by atoms with Gasteiger partial charge in [-0.2, -0.15) is 0 Å². The molecule has 5 nitrogen and oxygen atoms in total. The first kappa shape index (κ1) is 14.1. The van der Waals surface area contributed by atoms with Crippen molar-refractivity contribution in [2.75, 3.05) is 17.7 Å². The molecule has 3 rings (SSSR count). The molecule has 0 spiro atoms. The maximum absolute atomic E-state index is 12.1. The van der Waals surface area contributed by atoms with Crippen molar-refractivity contribution in [2.24, 2.45) is 0 Å². The average molecular weight is 296 g/mol. The van der Waals surface area contributed by atoms with Crippen molar-refractivity contribution in [2.45, 2.75) is 12.8 Å². The van der Waals surface area contributed by atoms with Gasteiger partial charge in [0.2, 0.25) is 11.8 Å². The highest BCUT2D eigenvalue weighted by Crippen LogP contribution is 2.24. The van der Waals surface area contributed by atoms with Crippen molar-refractivity contribution in [3.05, 3.63) is 53.6 Å². The molecule has 0 unspecified atom stereocenters. The lowest BCUT2D eigenvalue weighted by atomic mass is 10.1. The number of fused-ring (bicyclic) bond motifs is 1. The molecule has 5 heteroatoms.